The third-order valence-electron chi connectivity index (χ3n) is 5.37. The van der Waals surface area contributed by atoms with Crippen LogP contribution < -0.4 is 16.6 Å². The molecular formula is C21H17Cl2N7O2. The van der Waals surface area contributed by atoms with E-state index in [9.17, 15) is 9.59 Å². The predicted molar refractivity (Wildman–Crippen MR) is 125 cm³/mol. The number of halogens is 2. The number of nitrogens with zero attached hydrogens (tertiary/aromatic N) is 5. The molecule has 0 unspecified atom stereocenters. The van der Waals surface area contributed by atoms with Crippen molar-refractivity contribution in [1.29, 1.82) is 0 Å². The highest BCUT2D eigenvalue weighted by Gasteiger charge is 2.19. The van der Waals surface area contributed by atoms with E-state index < -0.39 is 11.2 Å². The van der Waals surface area contributed by atoms with Gasteiger partial charge in [0.2, 0.25) is 5.95 Å². The molecule has 5 rings (SSSR count). The van der Waals surface area contributed by atoms with Gasteiger partial charge in [0.15, 0.2) is 11.2 Å². The number of hydrogen-bond acceptors (Lipinski definition) is 5. The Hall–Kier alpha value is -3.56. The van der Waals surface area contributed by atoms with Crippen LogP contribution in [0, 0.1) is 0 Å². The van der Waals surface area contributed by atoms with Crippen molar-refractivity contribution in [1.82, 2.24) is 28.7 Å². The van der Waals surface area contributed by atoms with Crippen LogP contribution in [0.3, 0.4) is 0 Å². The van der Waals surface area contributed by atoms with Gasteiger partial charge in [0.25, 0.3) is 5.56 Å². The van der Waals surface area contributed by atoms with E-state index in [1.165, 1.54) is 4.57 Å². The average Bonchev–Trinajstić information content (AvgIpc) is 3.36. The highest BCUT2D eigenvalue weighted by molar-refractivity contribution is 6.39. The fraction of sp³-hybridized carbons (Fsp3) is 0.143. The van der Waals surface area contributed by atoms with Gasteiger partial charge < -0.3 is 14.9 Å². The maximum absolute atomic E-state index is 13.3. The smallest absolute Gasteiger partial charge is 0.332 e. The second-order valence-electron chi connectivity index (χ2n) is 7.37. The van der Waals surface area contributed by atoms with E-state index in [-0.39, 0.29) is 12.2 Å². The number of nitrogens with one attached hydrogen (secondary N) is 2. The third kappa shape index (κ3) is 3.17. The van der Waals surface area contributed by atoms with Crippen LogP contribution >= 0.6 is 23.2 Å². The van der Waals surface area contributed by atoms with Gasteiger partial charge >= 0.3 is 5.69 Å². The number of H-pyrrole nitrogens is 1. The van der Waals surface area contributed by atoms with Crippen LogP contribution in [0.2, 0.25) is 10.0 Å². The van der Waals surface area contributed by atoms with Gasteiger partial charge in [-0.05, 0) is 30.3 Å². The Morgan fingerprint density at radius 1 is 1.03 bits per heavy atom. The zero-order valence-corrected chi connectivity index (χ0v) is 18.6. The molecule has 9 nitrogen and oxygen atoms in total. The molecule has 0 aliphatic heterocycles. The van der Waals surface area contributed by atoms with Gasteiger partial charge in [0.1, 0.15) is 0 Å². The van der Waals surface area contributed by atoms with Crippen molar-refractivity contribution in [2.45, 2.75) is 6.54 Å². The van der Waals surface area contributed by atoms with Crippen LogP contribution in [0.1, 0.15) is 5.69 Å². The Morgan fingerprint density at radius 3 is 2.47 bits per heavy atom. The molecule has 0 atom stereocenters. The number of fused-ring (bicyclic) bond motifs is 2. The topological polar surface area (TPSA) is 103 Å². The van der Waals surface area contributed by atoms with Gasteiger partial charge in [-0.2, -0.15) is 4.98 Å². The largest absolute Gasteiger partial charge is 0.356 e. The molecule has 4 aromatic heterocycles. The van der Waals surface area contributed by atoms with Crippen LogP contribution in [0.15, 0.2) is 52.3 Å². The maximum Gasteiger partial charge on any atom is 0.332 e. The van der Waals surface area contributed by atoms with Gasteiger partial charge in [-0.1, -0.05) is 23.2 Å². The fourth-order valence-electron chi connectivity index (χ4n) is 3.72. The average molecular weight is 470 g/mol. The molecule has 32 heavy (non-hydrogen) atoms. The number of aromatic amines is 1. The SMILES string of the molecule is Cn1c(Nc2ccncc2)nc2c1c(=O)n(Cc1cc3c(Cl)ccc(Cl)c3[nH]1)c(=O)n2C. The molecule has 5 aromatic rings. The van der Waals surface area contributed by atoms with E-state index in [4.69, 9.17) is 23.2 Å². The Kier molecular flexibility index (Phi) is 4.79. The molecule has 0 radical (unpaired) electrons. The highest BCUT2D eigenvalue weighted by Crippen LogP contribution is 2.30. The Labute approximate surface area is 190 Å². The van der Waals surface area contributed by atoms with Crippen LogP contribution in [-0.4, -0.2) is 28.7 Å². The molecular weight excluding hydrogens is 453 g/mol. The molecule has 0 bridgehead atoms. The minimum atomic E-state index is -0.480. The fourth-order valence-corrected chi connectivity index (χ4v) is 4.15. The molecule has 0 saturated heterocycles. The standard InChI is InChI=1S/C21H17Cl2N7O2/c1-28-17-18(27-20(28)26-11-5-7-24-8-6-11)29(2)21(32)30(19(17)31)10-12-9-13-14(22)3-4-15(23)16(13)25-12/h3-9,25H,10H2,1-2H3,(H,24,26,27). The number of aromatic nitrogens is 6. The van der Waals surface area contributed by atoms with Crippen LogP contribution in [0.25, 0.3) is 22.1 Å². The lowest BCUT2D eigenvalue weighted by Gasteiger charge is -2.08. The number of rotatable bonds is 4. The van der Waals surface area contributed by atoms with Gasteiger partial charge in [-0.15, -0.1) is 0 Å². The normalized spacial score (nSPS) is 11.5. The molecule has 2 N–H and O–H groups in total. The first kappa shape index (κ1) is 20.3. The van der Waals surface area contributed by atoms with Crippen LogP contribution in [-0.2, 0) is 20.6 Å². The lowest BCUT2D eigenvalue weighted by molar-refractivity contribution is 0.648. The predicted octanol–water partition coefficient (Wildman–Crippen LogP) is 3.41. The monoisotopic (exact) mass is 469 g/mol. The van der Waals surface area contributed by atoms with Crippen molar-refractivity contribution < 1.29 is 0 Å². The second-order valence-corrected chi connectivity index (χ2v) is 8.19. The summed E-state index contributed by atoms with van der Waals surface area (Å²) in [6.07, 6.45) is 3.29. The maximum atomic E-state index is 13.3. The number of imidazole rings is 1. The number of benzene rings is 1. The summed E-state index contributed by atoms with van der Waals surface area (Å²) >= 11 is 12.5. The third-order valence-corrected chi connectivity index (χ3v) is 6.02. The Bertz CT molecular complexity index is 1570. The molecule has 11 heteroatoms. The number of anilines is 2. The highest BCUT2D eigenvalue weighted by atomic mass is 35.5. The van der Waals surface area contributed by atoms with E-state index in [1.807, 2.05) is 0 Å². The van der Waals surface area contributed by atoms with Gasteiger partial charge in [0, 0.05) is 43.3 Å². The van der Waals surface area contributed by atoms with Gasteiger partial charge in [-0.3, -0.25) is 18.9 Å². The quantitative estimate of drug-likeness (QED) is 0.419. The molecule has 4 heterocycles. The first-order valence-electron chi connectivity index (χ1n) is 9.64. The van der Waals surface area contributed by atoms with Crippen LogP contribution in [0.4, 0.5) is 11.6 Å². The number of aryl methyl sites for hydroxylation is 2. The van der Waals surface area contributed by atoms with Gasteiger partial charge in [-0.25, -0.2) is 4.79 Å². The summed E-state index contributed by atoms with van der Waals surface area (Å²) in [6.45, 7) is 0.0289. The van der Waals surface area contributed by atoms with Crippen molar-refractivity contribution in [2.75, 3.05) is 5.32 Å². The molecule has 0 amide bonds. The van der Waals surface area contributed by atoms with E-state index in [0.717, 1.165) is 15.6 Å². The molecule has 0 spiro atoms. The molecule has 0 fully saturated rings. The molecule has 0 aliphatic carbocycles. The lowest BCUT2D eigenvalue weighted by Crippen LogP contribution is -2.39. The van der Waals surface area contributed by atoms with E-state index in [2.05, 4.69) is 20.3 Å². The summed E-state index contributed by atoms with van der Waals surface area (Å²) in [5.41, 5.74) is 1.71. The summed E-state index contributed by atoms with van der Waals surface area (Å²) in [6, 6.07) is 8.75. The molecule has 1 aromatic carbocycles. The molecule has 162 valence electrons. The zero-order chi connectivity index (χ0) is 22.6. The summed E-state index contributed by atoms with van der Waals surface area (Å²) in [5.74, 6) is 0.431. The number of pyridine rings is 1. The first-order chi connectivity index (χ1) is 15.3. The Balaban J connectivity index is 1.64. The van der Waals surface area contributed by atoms with Crippen molar-refractivity contribution in [3.8, 4) is 0 Å². The molecule has 0 saturated carbocycles. The van der Waals surface area contributed by atoms with Crippen molar-refractivity contribution >= 4 is 56.9 Å². The summed E-state index contributed by atoms with van der Waals surface area (Å²) < 4.78 is 4.15. The first-order valence-corrected chi connectivity index (χ1v) is 10.4. The zero-order valence-electron chi connectivity index (χ0n) is 17.1. The van der Waals surface area contributed by atoms with Crippen molar-refractivity contribution in [3.63, 3.8) is 0 Å². The van der Waals surface area contributed by atoms with E-state index >= 15 is 0 Å². The minimum absolute atomic E-state index is 0.0289. The minimum Gasteiger partial charge on any atom is -0.356 e. The van der Waals surface area contributed by atoms with E-state index in [1.54, 1.807) is 61.4 Å². The van der Waals surface area contributed by atoms with Crippen molar-refractivity contribution in [3.05, 3.63) is 79.3 Å². The Morgan fingerprint density at radius 2 is 1.75 bits per heavy atom. The second kappa shape index (κ2) is 7.54. The van der Waals surface area contributed by atoms with Crippen molar-refractivity contribution in [2.24, 2.45) is 14.1 Å². The molecule has 0 aliphatic rings. The number of hydrogen-bond donors (Lipinski definition) is 2. The van der Waals surface area contributed by atoms with Crippen LogP contribution in [0.5, 0.6) is 0 Å². The summed E-state index contributed by atoms with van der Waals surface area (Å²) in [5, 5.41) is 4.91. The van der Waals surface area contributed by atoms with E-state index in [0.29, 0.717) is 32.7 Å². The lowest BCUT2D eigenvalue weighted by atomic mass is 10.2. The van der Waals surface area contributed by atoms with Gasteiger partial charge in [0.05, 0.1) is 22.1 Å². The summed E-state index contributed by atoms with van der Waals surface area (Å²) in [4.78, 5) is 38.0. The summed E-state index contributed by atoms with van der Waals surface area (Å²) in [7, 11) is 3.31.